The molecule has 0 saturated carbocycles. The molecule has 0 atom stereocenters. The number of thioether (sulfide) groups is 1. The predicted molar refractivity (Wildman–Crippen MR) is 124 cm³/mol. The number of rotatable bonds is 9. The first-order valence-electron chi connectivity index (χ1n) is 10.0. The standard InChI is InChI=1S/C23H21ClN4O3S/c1-2-30-17-11-9-16(10-12-17)28-22(19-7-3-4-8-20(19)24)26-27-23(28)32-15-21(29)25-14-18-6-5-13-31-18/h3-13H,2,14-15H2,1H3,(H,25,29). The number of amides is 1. The number of nitrogens with zero attached hydrogens (tertiary/aromatic N) is 3. The molecule has 4 aromatic rings. The van der Waals surface area contributed by atoms with E-state index in [1.807, 2.05) is 66.1 Å². The molecule has 164 valence electrons. The number of furan rings is 1. The molecule has 2 aromatic carbocycles. The number of hydrogen-bond acceptors (Lipinski definition) is 6. The van der Waals surface area contributed by atoms with E-state index in [0.29, 0.717) is 34.9 Å². The number of carbonyl (C=O) groups is 1. The Balaban J connectivity index is 1.59. The zero-order chi connectivity index (χ0) is 22.3. The van der Waals surface area contributed by atoms with Gasteiger partial charge in [-0.15, -0.1) is 10.2 Å². The third kappa shape index (κ3) is 5.15. The molecule has 0 aliphatic carbocycles. The first-order chi connectivity index (χ1) is 15.7. The maximum absolute atomic E-state index is 12.3. The first-order valence-corrected chi connectivity index (χ1v) is 11.4. The molecular formula is C23H21ClN4O3S. The van der Waals surface area contributed by atoms with Crippen LogP contribution >= 0.6 is 23.4 Å². The van der Waals surface area contributed by atoms with Crippen molar-refractivity contribution in [1.82, 2.24) is 20.1 Å². The number of ether oxygens (including phenoxy) is 1. The third-order valence-electron chi connectivity index (χ3n) is 4.53. The van der Waals surface area contributed by atoms with E-state index in [-0.39, 0.29) is 11.7 Å². The summed E-state index contributed by atoms with van der Waals surface area (Å²) in [6.07, 6.45) is 1.58. The van der Waals surface area contributed by atoms with Crippen molar-refractivity contribution in [3.05, 3.63) is 77.7 Å². The summed E-state index contributed by atoms with van der Waals surface area (Å²) < 4.78 is 12.7. The van der Waals surface area contributed by atoms with Gasteiger partial charge in [0, 0.05) is 11.3 Å². The molecule has 0 bridgehead atoms. The van der Waals surface area contributed by atoms with Gasteiger partial charge in [0.1, 0.15) is 11.5 Å². The molecule has 2 heterocycles. The summed E-state index contributed by atoms with van der Waals surface area (Å²) in [4.78, 5) is 12.3. The van der Waals surface area contributed by atoms with Crippen molar-refractivity contribution in [3.63, 3.8) is 0 Å². The summed E-state index contributed by atoms with van der Waals surface area (Å²) in [7, 11) is 0. The van der Waals surface area contributed by atoms with E-state index in [4.69, 9.17) is 20.8 Å². The molecule has 9 heteroatoms. The summed E-state index contributed by atoms with van der Waals surface area (Å²) in [5.41, 5.74) is 1.59. The van der Waals surface area contributed by atoms with Crippen LogP contribution in [0.4, 0.5) is 0 Å². The van der Waals surface area contributed by atoms with Gasteiger partial charge in [-0.3, -0.25) is 9.36 Å². The summed E-state index contributed by atoms with van der Waals surface area (Å²) in [6, 6.07) is 18.7. The Morgan fingerprint density at radius 2 is 1.94 bits per heavy atom. The molecule has 0 fully saturated rings. The second kappa shape index (κ2) is 10.4. The molecule has 7 nitrogen and oxygen atoms in total. The van der Waals surface area contributed by atoms with Crippen molar-refractivity contribution in [1.29, 1.82) is 0 Å². The van der Waals surface area contributed by atoms with Gasteiger partial charge in [-0.25, -0.2) is 0 Å². The highest BCUT2D eigenvalue weighted by Gasteiger charge is 2.19. The number of nitrogens with one attached hydrogen (secondary N) is 1. The molecule has 0 spiro atoms. The van der Waals surface area contributed by atoms with E-state index in [1.165, 1.54) is 11.8 Å². The highest BCUT2D eigenvalue weighted by molar-refractivity contribution is 7.99. The smallest absolute Gasteiger partial charge is 0.230 e. The SMILES string of the molecule is CCOc1ccc(-n2c(SCC(=O)NCc3ccco3)nnc2-c2ccccc2Cl)cc1. The molecule has 1 N–H and O–H groups in total. The summed E-state index contributed by atoms with van der Waals surface area (Å²) >= 11 is 7.73. The number of carbonyl (C=O) groups excluding carboxylic acids is 1. The van der Waals surface area contributed by atoms with Gasteiger partial charge in [0.15, 0.2) is 11.0 Å². The lowest BCUT2D eigenvalue weighted by Crippen LogP contribution is -2.24. The minimum atomic E-state index is -0.132. The summed E-state index contributed by atoms with van der Waals surface area (Å²) in [5, 5.41) is 12.7. The Morgan fingerprint density at radius 3 is 2.66 bits per heavy atom. The van der Waals surface area contributed by atoms with Crippen LogP contribution in [0.15, 0.2) is 76.5 Å². The third-order valence-corrected chi connectivity index (χ3v) is 5.78. The Bertz CT molecular complexity index is 1180. The van der Waals surface area contributed by atoms with Crippen LogP contribution in [0.25, 0.3) is 17.1 Å². The second-order valence-corrected chi connectivity index (χ2v) is 8.04. The van der Waals surface area contributed by atoms with Crippen molar-refractivity contribution < 1.29 is 13.9 Å². The van der Waals surface area contributed by atoms with Gasteiger partial charge >= 0.3 is 0 Å². The van der Waals surface area contributed by atoms with Crippen LogP contribution in [0.3, 0.4) is 0 Å². The molecular weight excluding hydrogens is 448 g/mol. The summed E-state index contributed by atoms with van der Waals surface area (Å²) in [6.45, 7) is 2.86. The van der Waals surface area contributed by atoms with Crippen LogP contribution in [0.2, 0.25) is 5.02 Å². The highest BCUT2D eigenvalue weighted by atomic mass is 35.5. The van der Waals surface area contributed by atoms with E-state index in [9.17, 15) is 4.79 Å². The fourth-order valence-electron chi connectivity index (χ4n) is 3.05. The lowest BCUT2D eigenvalue weighted by molar-refractivity contribution is -0.118. The molecule has 0 aliphatic heterocycles. The van der Waals surface area contributed by atoms with Crippen molar-refractivity contribution in [3.8, 4) is 22.8 Å². The van der Waals surface area contributed by atoms with Crippen LogP contribution in [-0.2, 0) is 11.3 Å². The van der Waals surface area contributed by atoms with Crippen molar-refractivity contribution in [2.75, 3.05) is 12.4 Å². The Labute approximate surface area is 194 Å². The minimum Gasteiger partial charge on any atom is -0.494 e. The number of aromatic nitrogens is 3. The van der Waals surface area contributed by atoms with E-state index < -0.39 is 0 Å². The van der Waals surface area contributed by atoms with Crippen molar-refractivity contribution in [2.45, 2.75) is 18.6 Å². The van der Waals surface area contributed by atoms with Crippen LogP contribution in [0.1, 0.15) is 12.7 Å². The molecule has 0 aliphatic rings. The fourth-order valence-corrected chi connectivity index (χ4v) is 4.05. The zero-order valence-electron chi connectivity index (χ0n) is 17.3. The average Bonchev–Trinajstić information content (AvgIpc) is 3.47. The van der Waals surface area contributed by atoms with Gasteiger partial charge in [-0.05, 0) is 55.5 Å². The normalized spacial score (nSPS) is 10.8. The lowest BCUT2D eigenvalue weighted by atomic mass is 10.2. The number of halogens is 1. The van der Waals surface area contributed by atoms with E-state index in [0.717, 1.165) is 17.0 Å². The van der Waals surface area contributed by atoms with Crippen molar-refractivity contribution >= 4 is 29.3 Å². The number of benzene rings is 2. The topological polar surface area (TPSA) is 82.2 Å². The first kappa shape index (κ1) is 22.0. The van der Waals surface area contributed by atoms with E-state index >= 15 is 0 Å². The van der Waals surface area contributed by atoms with Gasteiger partial charge in [0.25, 0.3) is 0 Å². The maximum atomic E-state index is 12.3. The van der Waals surface area contributed by atoms with E-state index in [2.05, 4.69) is 15.5 Å². The molecule has 0 unspecified atom stereocenters. The van der Waals surface area contributed by atoms with Gasteiger partial charge in [-0.2, -0.15) is 0 Å². The Kier molecular flexibility index (Phi) is 7.14. The maximum Gasteiger partial charge on any atom is 0.230 e. The Morgan fingerprint density at radius 1 is 1.12 bits per heavy atom. The lowest BCUT2D eigenvalue weighted by Gasteiger charge is -2.12. The largest absolute Gasteiger partial charge is 0.494 e. The Hall–Kier alpha value is -3.23. The number of hydrogen-bond donors (Lipinski definition) is 1. The molecule has 2 aromatic heterocycles. The van der Waals surface area contributed by atoms with Crippen LogP contribution in [-0.4, -0.2) is 33.0 Å². The minimum absolute atomic E-state index is 0.132. The fraction of sp³-hybridized carbons (Fsp3) is 0.174. The highest BCUT2D eigenvalue weighted by Crippen LogP contribution is 2.32. The predicted octanol–water partition coefficient (Wildman–Crippen LogP) is 4.99. The zero-order valence-corrected chi connectivity index (χ0v) is 18.9. The second-order valence-electron chi connectivity index (χ2n) is 6.69. The molecule has 4 rings (SSSR count). The molecule has 0 radical (unpaired) electrons. The molecule has 1 amide bonds. The van der Waals surface area contributed by atoms with Crippen LogP contribution < -0.4 is 10.1 Å². The molecule has 32 heavy (non-hydrogen) atoms. The molecule has 0 saturated heterocycles. The van der Waals surface area contributed by atoms with E-state index in [1.54, 1.807) is 12.3 Å². The monoisotopic (exact) mass is 468 g/mol. The van der Waals surface area contributed by atoms with Gasteiger partial charge in [-0.1, -0.05) is 35.5 Å². The average molecular weight is 469 g/mol. The van der Waals surface area contributed by atoms with Gasteiger partial charge < -0.3 is 14.5 Å². The van der Waals surface area contributed by atoms with Crippen LogP contribution in [0.5, 0.6) is 5.75 Å². The van der Waals surface area contributed by atoms with Crippen LogP contribution in [0, 0.1) is 0 Å². The quantitative estimate of drug-likeness (QED) is 0.348. The van der Waals surface area contributed by atoms with Gasteiger partial charge in [0.2, 0.25) is 5.91 Å². The summed E-state index contributed by atoms with van der Waals surface area (Å²) in [5.74, 6) is 2.11. The van der Waals surface area contributed by atoms with Crippen molar-refractivity contribution in [2.24, 2.45) is 0 Å². The van der Waals surface area contributed by atoms with Gasteiger partial charge in [0.05, 0.1) is 30.2 Å².